The normalized spacial score (nSPS) is 11.6. The molecule has 0 fully saturated rings. The molecule has 0 spiro atoms. The van der Waals surface area contributed by atoms with E-state index in [9.17, 15) is 14.7 Å². The molecule has 0 aliphatic carbocycles. The second kappa shape index (κ2) is 7.63. The molecule has 31 heavy (non-hydrogen) atoms. The van der Waals surface area contributed by atoms with Crippen LogP contribution >= 0.6 is 11.3 Å². The van der Waals surface area contributed by atoms with E-state index in [4.69, 9.17) is 0 Å². The molecule has 158 valence electrons. The van der Waals surface area contributed by atoms with E-state index in [-0.39, 0.29) is 5.56 Å². The summed E-state index contributed by atoms with van der Waals surface area (Å²) < 4.78 is 2.10. The monoisotopic (exact) mass is 434 g/mol. The van der Waals surface area contributed by atoms with Crippen LogP contribution in [0.1, 0.15) is 33.4 Å². The maximum atomic E-state index is 12.6. The lowest BCUT2D eigenvalue weighted by Gasteiger charge is -2.15. The number of H-pyrrole nitrogens is 1. The van der Waals surface area contributed by atoms with E-state index in [0.717, 1.165) is 42.6 Å². The average Bonchev–Trinajstić information content (AvgIpc) is 3.05. The minimum atomic E-state index is -0.710. The molecule has 7 nitrogen and oxygen atoms in total. The van der Waals surface area contributed by atoms with Gasteiger partial charge in [0, 0.05) is 6.21 Å². The Kier molecular flexibility index (Phi) is 5.10. The predicted octanol–water partition coefficient (Wildman–Crippen LogP) is 4.13. The maximum Gasteiger partial charge on any atom is 0.335 e. The number of thiazole rings is 1. The van der Waals surface area contributed by atoms with Crippen molar-refractivity contribution in [2.24, 2.45) is 4.99 Å². The molecule has 2 aromatic carbocycles. The highest BCUT2D eigenvalue weighted by molar-refractivity contribution is 7.22. The number of benzene rings is 2. The largest absolute Gasteiger partial charge is 0.493 e. The van der Waals surface area contributed by atoms with Crippen LogP contribution in [-0.2, 0) is 0 Å². The molecule has 0 unspecified atom stereocenters. The van der Waals surface area contributed by atoms with Crippen molar-refractivity contribution < 1.29 is 5.11 Å². The average molecular weight is 435 g/mol. The molecule has 8 heteroatoms. The van der Waals surface area contributed by atoms with Gasteiger partial charge in [0.2, 0.25) is 11.0 Å². The van der Waals surface area contributed by atoms with Crippen LogP contribution in [0.2, 0.25) is 0 Å². The number of rotatable bonds is 3. The lowest BCUT2D eigenvalue weighted by atomic mass is 10.0. The highest BCUT2D eigenvalue weighted by Gasteiger charge is 2.18. The Morgan fingerprint density at radius 3 is 2.32 bits per heavy atom. The van der Waals surface area contributed by atoms with Crippen molar-refractivity contribution in [3.8, 4) is 11.6 Å². The SMILES string of the molecule is Cc1cc(C)c(-n2c(O)c(C=Nc3nc4cc(C)c(C)cc4s3)c(=O)[nH]c2=O)c(C)c1. The number of aromatic nitrogens is 3. The molecule has 0 aliphatic heterocycles. The zero-order valence-corrected chi connectivity index (χ0v) is 18.7. The fraction of sp³-hybridized carbons (Fsp3) is 0.217. The first kappa shape index (κ1) is 20.7. The number of aliphatic imine (C=N–C) groups is 1. The highest BCUT2D eigenvalue weighted by atomic mass is 32.1. The van der Waals surface area contributed by atoms with Gasteiger partial charge in [-0.25, -0.2) is 19.3 Å². The molecule has 0 bridgehead atoms. The minimum Gasteiger partial charge on any atom is -0.493 e. The quantitative estimate of drug-likeness (QED) is 0.473. The zero-order chi connectivity index (χ0) is 22.4. The summed E-state index contributed by atoms with van der Waals surface area (Å²) in [6.45, 7) is 9.72. The third kappa shape index (κ3) is 3.70. The van der Waals surface area contributed by atoms with Gasteiger partial charge in [0.15, 0.2) is 0 Å². The fourth-order valence-corrected chi connectivity index (χ4v) is 4.62. The van der Waals surface area contributed by atoms with Crippen molar-refractivity contribution in [2.45, 2.75) is 34.6 Å². The summed E-state index contributed by atoms with van der Waals surface area (Å²) >= 11 is 1.39. The molecule has 4 aromatic rings. The molecule has 0 saturated heterocycles. The summed E-state index contributed by atoms with van der Waals surface area (Å²) in [5.41, 5.74) is 4.79. The number of nitrogens with zero attached hydrogens (tertiary/aromatic N) is 3. The van der Waals surface area contributed by atoms with Crippen LogP contribution in [0.15, 0.2) is 38.8 Å². The first-order chi connectivity index (χ1) is 14.7. The molecule has 0 aliphatic rings. The molecule has 2 aromatic heterocycles. The first-order valence-electron chi connectivity index (χ1n) is 9.74. The van der Waals surface area contributed by atoms with Crippen LogP contribution in [0.3, 0.4) is 0 Å². The van der Waals surface area contributed by atoms with Crippen molar-refractivity contribution in [1.82, 2.24) is 14.5 Å². The molecule has 2 N–H and O–H groups in total. The van der Waals surface area contributed by atoms with Gasteiger partial charge < -0.3 is 5.11 Å². The first-order valence-corrected chi connectivity index (χ1v) is 10.6. The Bertz CT molecular complexity index is 1430. The molecule has 4 rings (SSSR count). The molecular weight excluding hydrogens is 412 g/mol. The number of fused-ring (bicyclic) bond motifs is 1. The van der Waals surface area contributed by atoms with E-state index in [1.807, 2.05) is 52.8 Å². The van der Waals surface area contributed by atoms with Gasteiger partial charge in [0.25, 0.3) is 5.56 Å². The summed E-state index contributed by atoms with van der Waals surface area (Å²) in [4.78, 5) is 36.0. The van der Waals surface area contributed by atoms with E-state index < -0.39 is 17.1 Å². The van der Waals surface area contributed by atoms with E-state index in [1.54, 1.807) is 0 Å². The minimum absolute atomic E-state index is 0.106. The topological polar surface area (TPSA) is 100 Å². The van der Waals surface area contributed by atoms with Crippen LogP contribution in [0.4, 0.5) is 5.13 Å². The molecule has 0 radical (unpaired) electrons. The van der Waals surface area contributed by atoms with Crippen LogP contribution in [0.5, 0.6) is 5.88 Å². The lowest BCUT2D eigenvalue weighted by molar-refractivity contribution is 0.429. The predicted molar refractivity (Wildman–Crippen MR) is 125 cm³/mol. The van der Waals surface area contributed by atoms with Gasteiger partial charge in [-0.2, -0.15) is 0 Å². The van der Waals surface area contributed by atoms with Crippen LogP contribution in [-0.4, -0.2) is 25.9 Å². The second-order valence-corrected chi connectivity index (χ2v) is 8.75. The second-order valence-electron chi connectivity index (χ2n) is 7.74. The van der Waals surface area contributed by atoms with Crippen molar-refractivity contribution in [3.05, 3.63) is 78.5 Å². The number of hydrogen-bond donors (Lipinski definition) is 2. The van der Waals surface area contributed by atoms with Crippen LogP contribution in [0.25, 0.3) is 15.9 Å². The highest BCUT2D eigenvalue weighted by Crippen LogP contribution is 2.30. The Labute approximate surface area is 182 Å². The fourth-order valence-electron chi connectivity index (χ4n) is 3.73. The molecule has 2 heterocycles. The number of aromatic hydroxyl groups is 1. The van der Waals surface area contributed by atoms with Gasteiger partial charge in [-0.15, -0.1) is 0 Å². The number of aromatic amines is 1. The number of nitrogens with one attached hydrogen (secondary N) is 1. The van der Waals surface area contributed by atoms with E-state index in [2.05, 4.69) is 21.0 Å². The van der Waals surface area contributed by atoms with Gasteiger partial charge >= 0.3 is 5.69 Å². The van der Waals surface area contributed by atoms with Gasteiger partial charge in [0.05, 0.1) is 15.9 Å². The summed E-state index contributed by atoms with van der Waals surface area (Å²) in [7, 11) is 0. The Morgan fingerprint density at radius 2 is 1.65 bits per heavy atom. The Hall–Kier alpha value is -3.52. The van der Waals surface area contributed by atoms with Crippen molar-refractivity contribution >= 4 is 32.9 Å². The van der Waals surface area contributed by atoms with Crippen LogP contribution in [0, 0.1) is 34.6 Å². The van der Waals surface area contributed by atoms with E-state index >= 15 is 0 Å². The number of aryl methyl sites for hydroxylation is 5. The lowest BCUT2D eigenvalue weighted by Crippen LogP contribution is -2.32. The molecule has 0 amide bonds. The molecular formula is C23H22N4O3S. The third-order valence-corrected chi connectivity index (χ3v) is 6.20. The Balaban J connectivity index is 1.84. The summed E-state index contributed by atoms with van der Waals surface area (Å²) in [5.74, 6) is -0.458. The third-order valence-electron chi connectivity index (χ3n) is 5.28. The van der Waals surface area contributed by atoms with Gasteiger partial charge in [-0.05, 0) is 69.0 Å². The van der Waals surface area contributed by atoms with Gasteiger partial charge in [-0.3, -0.25) is 9.78 Å². The van der Waals surface area contributed by atoms with E-state index in [1.165, 1.54) is 17.6 Å². The summed E-state index contributed by atoms with van der Waals surface area (Å²) in [6.07, 6.45) is 1.25. The standard InChI is InChI=1S/C23H22N4O3S/c1-11-6-14(4)19(15(5)7-11)27-21(29)16(20(28)26-23(27)30)10-24-22-25-17-8-12(2)13(3)9-18(17)31-22/h6-10,29H,1-5H3,(H,26,28,30). The summed E-state index contributed by atoms with van der Waals surface area (Å²) in [5, 5.41) is 11.3. The Morgan fingerprint density at radius 1 is 1.00 bits per heavy atom. The summed E-state index contributed by atoms with van der Waals surface area (Å²) in [6, 6.07) is 7.87. The molecule has 0 atom stereocenters. The number of hydrogen-bond acceptors (Lipinski definition) is 6. The maximum absolute atomic E-state index is 12.6. The van der Waals surface area contributed by atoms with Crippen molar-refractivity contribution in [1.29, 1.82) is 0 Å². The van der Waals surface area contributed by atoms with E-state index in [0.29, 0.717) is 10.8 Å². The van der Waals surface area contributed by atoms with Gasteiger partial charge in [-0.1, -0.05) is 29.0 Å². The van der Waals surface area contributed by atoms with Crippen molar-refractivity contribution in [2.75, 3.05) is 0 Å². The molecule has 0 saturated carbocycles. The van der Waals surface area contributed by atoms with Crippen molar-refractivity contribution in [3.63, 3.8) is 0 Å². The van der Waals surface area contributed by atoms with Gasteiger partial charge in [0.1, 0.15) is 5.56 Å². The van der Waals surface area contributed by atoms with Crippen LogP contribution < -0.4 is 11.2 Å². The smallest absolute Gasteiger partial charge is 0.335 e. The zero-order valence-electron chi connectivity index (χ0n) is 17.9.